The Morgan fingerprint density at radius 2 is 2.26 bits per heavy atom. The van der Waals surface area contributed by atoms with Crippen LogP contribution >= 0.6 is 0 Å². The van der Waals surface area contributed by atoms with Crippen LogP contribution in [0.4, 0.5) is 4.79 Å². The highest BCUT2D eigenvalue weighted by Gasteiger charge is 2.18. The van der Waals surface area contributed by atoms with E-state index in [0.29, 0.717) is 6.42 Å². The molecule has 0 radical (unpaired) electrons. The highest BCUT2D eigenvalue weighted by Crippen LogP contribution is 2.08. The number of nitrogens with one attached hydrogen (secondary N) is 1. The number of hydrogen-bond donors (Lipinski definition) is 2. The maximum absolute atomic E-state index is 11.7. The van der Waals surface area contributed by atoms with Crippen molar-refractivity contribution in [1.82, 2.24) is 5.32 Å². The number of amides is 1. The van der Waals surface area contributed by atoms with Crippen LogP contribution < -0.4 is 5.32 Å². The van der Waals surface area contributed by atoms with Crippen molar-refractivity contribution in [3.63, 3.8) is 0 Å². The fourth-order valence-corrected chi connectivity index (χ4v) is 1.52. The normalized spacial score (nSPS) is 13.9. The van der Waals surface area contributed by atoms with Crippen LogP contribution in [0.3, 0.4) is 0 Å². The minimum Gasteiger partial charge on any atom is -0.444 e. The van der Waals surface area contributed by atoms with Crippen molar-refractivity contribution in [2.24, 2.45) is 5.16 Å². The van der Waals surface area contributed by atoms with Gasteiger partial charge >= 0.3 is 6.09 Å². The second-order valence-corrected chi connectivity index (χ2v) is 4.85. The van der Waals surface area contributed by atoms with E-state index < -0.39 is 17.7 Å². The largest absolute Gasteiger partial charge is 0.444 e. The van der Waals surface area contributed by atoms with E-state index in [9.17, 15) is 4.79 Å². The number of carbonyl (C=O) groups excluding carboxylic acids is 1. The minimum atomic E-state index is -0.849. The zero-order chi connectivity index (χ0) is 15.0. The Morgan fingerprint density at radius 1 is 1.58 bits per heavy atom. The molecule has 104 valence electrons. The summed E-state index contributed by atoms with van der Waals surface area (Å²) >= 11 is 0. The summed E-state index contributed by atoms with van der Waals surface area (Å²) in [6.45, 7) is 3.29. The summed E-state index contributed by atoms with van der Waals surface area (Å²) < 4.78 is 12.4. The van der Waals surface area contributed by atoms with Crippen molar-refractivity contribution in [2.75, 3.05) is 0 Å². The van der Waals surface area contributed by atoms with Crippen LogP contribution in [0.25, 0.3) is 0 Å². The zero-order valence-electron chi connectivity index (χ0n) is 12.2. The van der Waals surface area contributed by atoms with Crippen molar-refractivity contribution in [1.29, 1.82) is 0 Å². The van der Waals surface area contributed by atoms with E-state index in [1.165, 1.54) is 6.21 Å². The van der Waals surface area contributed by atoms with E-state index in [1.807, 2.05) is 30.3 Å². The molecule has 0 heterocycles. The number of rotatable bonds is 4. The third-order valence-electron chi connectivity index (χ3n) is 2.22. The quantitative estimate of drug-likeness (QED) is 0.499. The molecule has 1 amide bonds. The summed E-state index contributed by atoms with van der Waals surface area (Å²) in [5, 5.41) is 14.2. The number of nitrogens with zero attached hydrogens (tertiary/aromatic N) is 1. The molecule has 0 bridgehead atoms. The summed E-state index contributed by atoms with van der Waals surface area (Å²) in [6.07, 6.45) is 1.09. The molecule has 1 aromatic carbocycles. The molecule has 0 aliphatic rings. The second kappa shape index (κ2) is 6.78. The number of ether oxygens (including phenoxy) is 1. The fourth-order valence-electron chi connectivity index (χ4n) is 1.52. The van der Waals surface area contributed by atoms with Crippen LogP contribution in [-0.4, -0.2) is 29.2 Å². The Labute approximate surface area is 114 Å². The molecule has 0 unspecified atom stereocenters. The minimum absolute atomic E-state index is 0.0299. The molecule has 0 saturated heterocycles. The van der Waals surface area contributed by atoms with Gasteiger partial charge in [0.1, 0.15) is 5.60 Å². The van der Waals surface area contributed by atoms with E-state index in [4.69, 9.17) is 11.3 Å². The molecule has 0 saturated carbocycles. The first-order valence-electron chi connectivity index (χ1n) is 6.68. The molecule has 0 aliphatic heterocycles. The van der Waals surface area contributed by atoms with Gasteiger partial charge in [-0.05, 0) is 32.7 Å². The first kappa shape index (κ1) is 13.4. The Morgan fingerprint density at radius 3 is 2.84 bits per heavy atom. The van der Waals surface area contributed by atoms with Crippen molar-refractivity contribution in [3.8, 4) is 0 Å². The summed E-state index contributed by atoms with van der Waals surface area (Å²) in [7, 11) is 0. The van der Waals surface area contributed by atoms with E-state index in [2.05, 4.69) is 10.5 Å². The van der Waals surface area contributed by atoms with Gasteiger partial charge in [-0.2, -0.15) is 0 Å². The van der Waals surface area contributed by atoms with Gasteiger partial charge in [0.2, 0.25) is 0 Å². The summed E-state index contributed by atoms with van der Waals surface area (Å²) in [6, 6.07) is 9.04. The van der Waals surface area contributed by atoms with Crippen LogP contribution in [-0.2, 0) is 11.2 Å². The molecule has 0 spiro atoms. The van der Waals surface area contributed by atoms with E-state index in [-0.39, 0.29) is 6.90 Å². The highest BCUT2D eigenvalue weighted by molar-refractivity contribution is 5.75. The van der Waals surface area contributed by atoms with Crippen LogP contribution in [0.15, 0.2) is 35.5 Å². The van der Waals surface area contributed by atoms with E-state index >= 15 is 0 Å². The number of carbonyl (C=O) groups is 1. The molecular weight excluding hydrogens is 244 g/mol. The lowest BCUT2D eigenvalue weighted by Crippen LogP contribution is -2.41. The van der Waals surface area contributed by atoms with Crippen LogP contribution in [0.2, 0.25) is 0 Å². The molecule has 2 N–H and O–H groups in total. The molecule has 5 heteroatoms. The summed E-state index contributed by atoms with van der Waals surface area (Å²) in [5.41, 5.74) is 0.148. The monoisotopic (exact) mass is 265 g/mol. The first-order valence-corrected chi connectivity index (χ1v) is 5.97. The average Bonchev–Trinajstić information content (AvgIpc) is 2.39. The van der Waals surface area contributed by atoms with Gasteiger partial charge in [0.25, 0.3) is 0 Å². The molecule has 1 rings (SSSR count). The van der Waals surface area contributed by atoms with Crippen molar-refractivity contribution < 1.29 is 16.1 Å². The van der Waals surface area contributed by atoms with Crippen LogP contribution in [0.1, 0.15) is 27.7 Å². The van der Waals surface area contributed by atoms with Gasteiger partial charge in [0.05, 0.1) is 12.3 Å². The predicted molar refractivity (Wildman–Crippen MR) is 73.6 cm³/mol. The molecule has 5 nitrogen and oxygen atoms in total. The number of alkyl carbamates (subject to hydrolysis) is 1. The van der Waals surface area contributed by atoms with Gasteiger partial charge in [-0.3, -0.25) is 0 Å². The maximum Gasteiger partial charge on any atom is 0.408 e. The van der Waals surface area contributed by atoms with Gasteiger partial charge in [-0.1, -0.05) is 35.5 Å². The van der Waals surface area contributed by atoms with Gasteiger partial charge < -0.3 is 15.3 Å². The molecule has 19 heavy (non-hydrogen) atoms. The molecule has 1 atom stereocenters. The van der Waals surface area contributed by atoms with Gasteiger partial charge in [0.15, 0.2) is 0 Å². The fraction of sp³-hybridized carbons (Fsp3) is 0.429. The number of hydrogen-bond acceptors (Lipinski definition) is 4. The predicted octanol–water partition coefficient (Wildman–Crippen LogP) is 2.58. The molecule has 0 fully saturated rings. The van der Waals surface area contributed by atoms with Gasteiger partial charge in [0, 0.05) is 1.37 Å². The molecule has 0 aromatic heterocycles. The van der Waals surface area contributed by atoms with Gasteiger partial charge in [-0.15, -0.1) is 0 Å². The first-order chi connectivity index (χ1) is 9.46. The van der Waals surface area contributed by atoms with Crippen molar-refractivity contribution in [2.45, 2.75) is 38.8 Å². The molecule has 0 aliphatic carbocycles. The second-order valence-electron chi connectivity index (χ2n) is 4.85. The van der Waals surface area contributed by atoms with Crippen molar-refractivity contribution >= 4 is 12.3 Å². The molecule has 1 aromatic rings. The number of oxime groups is 1. The lowest BCUT2D eigenvalue weighted by Gasteiger charge is -2.22. The molecular formula is C14H20N2O3. The maximum atomic E-state index is 11.7. The number of benzene rings is 1. The van der Waals surface area contributed by atoms with Crippen LogP contribution in [0.5, 0.6) is 0 Å². The van der Waals surface area contributed by atoms with Crippen molar-refractivity contribution in [3.05, 3.63) is 35.9 Å². The lowest BCUT2D eigenvalue weighted by atomic mass is 10.1. The zero-order valence-corrected chi connectivity index (χ0v) is 11.2. The topological polar surface area (TPSA) is 70.9 Å². The van der Waals surface area contributed by atoms with E-state index in [0.717, 1.165) is 5.56 Å². The SMILES string of the molecule is [2H]CC(C)(C)OC(=O)N[C@H](C=NO)Cc1ccccc1. The van der Waals surface area contributed by atoms with E-state index in [1.54, 1.807) is 13.8 Å². The Kier molecular flexibility index (Phi) is 4.78. The Hall–Kier alpha value is -2.04. The Balaban J connectivity index is 2.61. The smallest absolute Gasteiger partial charge is 0.408 e. The standard InChI is InChI=1S/C14H20N2O3/c1-14(2,3)19-13(17)16-12(10-15-18)9-11-7-5-4-6-8-11/h4-8,10,12,18H,9H2,1-3H3,(H,16,17)/t12-/m0/s1/i1D. The summed E-state index contributed by atoms with van der Waals surface area (Å²) in [4.78, 5) is 11.7. The third kappa shape index (κ3) is 6.45. The van der Waals surface area contributed by atoms with Gasteiger partial charge in [-0.25, -0.2) is 4.79 Å². The average molecular weight is 265 g/mol. The Bertz CT molecular complexity index is 449. The summed E-state index contributed by atoms with van der Waals surface area (Å²) in [5.74, 6) is 0. The van der Waals surface area contributed by atoms with Crippen LogP contribution in [0, 0.1) is 0 Å². The highest BCUT2D eigenvalue weighted by atomic mass is 16.6. The third-order valence-corrected chi connectivity index (χ3v) is 2.22. The lowest BCUT2D eigenvalue weighted by molar-refractivity contribution is 0.0518.